The van der Waals surface area contributed by atoms with Crippen LogP contribution in [-0.4, -0.2) is 22.7 Å². The molecule has 0 aromatic carbocycles. The van der Waals surface area contributed by atoms with Crippen molar-refractivity contribution in [2.24, 2.45) is 5.92 Å². The van der Waals surface area contributed by atoms with Gasteiger partial charge in [-0.3, -0.25) is 0 Å². The molecule has 2 atom stereocenters. The molecule has 0 radical (unpaired) electrons. The number of hydrogen-bond donors (Lipinski definition) is 1. The maximum atomic E-state index is 8.93. The third-order valence-corrected chi connectivity index (χ3v) is 3.07. The van der Waals surface area contributed by atoms with Crippen LogP contribution in [0.5, 0.6) is 0 Å². The van der Waals surface area contributed by atoms with E-state index in [0.29, 0.717) is 6.04 Å². The molecule has 2 rings (SSSR count). The first-order chi connectivity index (χ1) is 7.20. The highest BCUT2D eigenvalue weighted by Gasteiger charge is 2.26. The molecule has 2 heterocycles. The van der Waals surface area contributed by atoms with Gasteiger partial charge in [0.1, 0.15) is 5.82 Å². The van der Waals surface area contributed by atoms with Crippen LogP contribution in [0.15, 0.2) is 18.3 Å². The predicted molar refractivity (Wildman–Crippen MR) is 60.7 cm³/mol. The molecule has 0 bridgehead atoms. The Kier molecular flexibility index (Phi) is 2.91. The zero-order valence-electron chi connectivity index (χ0n) is 9.35. The molecular weight excluding hydrogens is 188 g/mol. The van der Waals surface area contributed by atoms with Crippen LogP contribution in [0.4, 0.5) is 5.82 Å². The molecule has 2 unspecified atom stereocenters. The van der Waals surface area contributed by atoms with Crippen molar-refractivity contribution >= 4 is 5.82 Å². The Labute approximate surface area is 90.8 Å². The number of rotatable bonds is 2. The number of aliphatic hydroxyl groups is 1. The van der Waals surface area contributed by atoms with E-state index >= 15 is 0 Å². The van der Waals surface area contributed by atoms with Crippen molar-refractivity contribution in [2.75, 3.05) is 11.4 Å². The molecule has 0 amide bonds. The van der Waals surface area contributed by atoms with Gasteiger partial charge in [0.2, 0.25) is 0 Å². The van der Waals surface area contributed by atoms with Gasteiger partial charge in [0.05, 0.1) is 6.61 Å². The van der Waals surface area contributed by atoms with Gasteiger partial charge in [0.15, 0.2) is 0 Å². The number of aliphatic hydroxyl groups excluding tert-OH is 1. The van der Waals surface area contributed by atoms with Gasteiger partial charge in [-0.1, -0.05) is 13.0 Å². The van der Waals surface area contributed by atoms with E-state index in [1.165, 1.54) is 6.42 Å². The van der Waals surface area contributed by atoms with Crippen LogP contribution in [0.1, 0.15) is 25.8 Å². The van der Waals surface area contributed by atoms with Crippen LogP contribution in [-0.2, 0) is 6.61 Å². The molecule has 1 fully saturated rings. The van der Waals surface area contributed by atoms with Gasteiger partial charge in [-0.2, -0.15) is 0 Å². The largest absolute Gasteiger partial charge is 0.392 e. The van der Waals surface area contributed by atoms with Crippen LogP contribution in [0, 0.1) is 5.92 Å². The number of hydrogen-bond acceptors (Lipinski definition) is 3. The third kappa shape index (κ3) is 2.12. The smallest absolute Gasteiger partial charge is 0.128 e. The minimum Gasteiger partial charge on any atom is -0.392 e. The number of pyridine rings is 1. The van der Waals surface area contributed by atoms with E-state index in [1.54, 1.807) is 6.20 Å². The van der Waals surface area contributed by atoms with E-state index in [4.69, 9.17) is 5.11 Å². The molecule has 15 heavy (non-hydrogen) atoms. The lowest BCUT2D eigenvalue weighted by Gasteiger charge is -2.22. The summed E-state index contributed by atoms with van der Waals surface area (Å²) in [6.45, 7) is 5.68. The van der Waals surface area contributed by atoms with Crippen molar-refractivity contribution in [2.45, 2.75) is 32.9 Å². The molecule has 1 saturated heterocycles. The summed E-state index contributed by atoms with van der Waals surface area (Å²) in [4.78, 5) is 6.72. The first kappa shape index (κ1) is 10.4. The summed E-state index contributed by atoms with van der Waals surface area (Å²) >= 11 is 0. The highest BCUT2D eigenvalue weighted by atomic mass is 16.3. The summed E-state index contributed by atoms with van der Waals surface area (Å²) in [5, 5.41) is 8.93. The third-order valence-electron chi connectivity index (χ3n) is 3.07. The highest BCUT2D eigenvalue weighted by molar-refractivity contribution is 5.41. The molecule has 1 aliphatic rings. The molecular formula is C12H18N2O. The molecule has 1 aromatic heterocycles. The van der Waals surface area contributed by atoms with Crippen LogP contribution < -0.4 is 4.90 Å². The first-order valence-corrected chi connectivity index (χ1v) is 5.53. The highest BCUT2D eigenvalue weighted by Crippen LogP contribution is 2.27. The van der Waals surface area contributed by atoms with E-state index in [0.717, 1.165) is 23.8 Å². The van der Waals surface area contributed by atoms with E-state index in [2.05, 4.69) is 23.7 Å². The summed E-state index contributed by atoms with van der Waals surface area (Å²) in [5.41, 5.74) is 0.874. The van der Waals surface area contributed by atoms with E-state index in [1.807, 2.05) is 12.1 Å². The van der Waals surface area contributed by atoms with Crippen molar-refractivity contribution in [3.8, 4) is 0 Å². The summed E-state index contributed by atoms with van der Waals surface area (Å²) in [6.07, 6.45) is 2.99. The SMILES string of the molecule is CC1CC(C)N(c2ccc(CO)cn2)C1. The van der Waals surface area contributed by atoms with Gasteiger partial charge in [-0.15, -0.1) is 0 Å². The summed E-state index contributed by atoms with van der Waals surface area (Å²) in [5.74, 6) is 1.78. The number of nitrogens with zero attached hydrogens (tertiary/aromatic N) is 2. The molecule has 0 saturated carbocycles. The average molecular weight is 206 g/mol. The van der Waals surface area contributed by atoms with E-state index < -0.39 is 0 Å². The quantitative estimate of drug-likeness (QED) is 0.801. The molecule has 82 valence electrons. The van der Waals surface area contributed by atoms with Gasteiger partial charge in [0.25, 0.3) is 0 Å². The van der Waals surface area contributed by atoms with Crippen LogP contribution in [0.25, 0.3) is 0 Å². The molecule has 0 spiro atoms. The average Bonchev–Trinajstić information content (AvgIpc) is 2.58. The lowest BCUT2D eigenvalue weighted by atomic mass is 10.1. The maximum absolute atomic E-state index is 8.93. The second-order valence-electron chi connectivity index (χ2n) is 4.53. The van der Waals surface area contributed by atoms with E-state index in [-0.39, 0.29) is 6.61 Å². The Hall–Kier alpha value is -1.09. The minimum absolute atomic E-state index is 0.0687. The van der Waals surface area contributed by atoms with Crippen molar-refractivity contribution < 1.29 is 5.11 Å². The van der Waals surface area contributed by atoms with Crippen molar-refractivity contribution in [3.05, 3.63) is 23.9 Å². The topological polar surface area (TPSA) is 36.4 Å². The van der Waals surface area contributed by atoms with Gasteiger partial charge >= 0.3 is 0 Å². The number of aromatic nitrogens is 1. The molecule has 0 aliphatic carbocycles. The summed E-state index contributed by atoms with van der Waals surface area (Å²) in [6, 6.07) is 4.52. The Morgan fingerprint density at radius 1 is 1.47 bits per heavy atom. The normalized spacial score (nSPS) is 25.9. The molecule has 1 aromatic rings. The lowest BCUT2D eigenvalue weighted by Crippen LogP contribution is -2.27. The summed E-state index contributed by atoms with van der Waals surface area (Å²) < 4.78 is 0. The Morgan fingerprint density at radius 3 is 2.73 bits per heavy atom. The second kappa shape index (κ2) is 4.19. The van der Waals surface area contributed by atoms with E-state index in [9.17, 15) is 0 Å². The fourth-order valence-electron chi connectivity index (χ4n) is 2.30. The van der Waals surface area contributed by atoms with Crippen LogP contribution >= 0.6 is 0 Å². The molecule has 1 N–H and O–H groups in total. The number of anilines is 1. The monoisotopic (exact) mass is 206 g/mol. The van der Waals surface area contributed by atoms with Gasteiger partial charge in [-0.05, 0) is 30.9 Å². The Balaban J connectivity index is 2.15. The van der Waals surface area contributed by atoms with Gasteiger partial charge in [0, 0.05) is 18.8 Å². The van der Waals surface area contributed by atoms with Gasteiger partial charge < -0.3 is 10.0 Å². The summed E-state index contributed by atoms with van der Waals surface area (Å²) in [7, 11) is 0. The Morgan fingerprint density at radius 2 is 2.27 bits per heavy atom. The van der Waals surface area contributed by atoms with Crippen LogP contribution in [0.2, 0.25) is 0 Å². The van der Waals surface area contributed by atoms with Crippen molar-refractivity contribution in [3.63, 3.8) is 0 Å². The minimum atomic E-state index is 0.0687. The standard InChI is InChI=1S/C12H18N2O/c1-9-5-10(2)14(7-9)12-4-3-11(8-15)6-13-12/h3-4,6,9-10,15H,5,7-8H2,1-2H3. The van der Waals surface area contributed by atoms with Crippen molar-refractivity contribution in [1.29, 1.82) is 0 Å². The zero-order chi connectivity index (χ0) is 10.8. The zero-order valence-corrected chi connectivity index (χ0v) is 9.35. The maximum Gasteiger partial charge on any atom is 0.128 e. The first-order valence-electron chi connectivity index (χ1n) is 5.53. The fourth-order valence-corrected chi connectivity index (χ4v) is 2.30. The lowest BCUT2D eigenvalue weighted by molar-refractivity contribution is 0.281. The van der Waals surface area contributed by atoms with Crippen LogP contribution in [0.3, 0.4) is 0 Å². The fraction of sp³-hybridized carbons (Fsp3) is 0.583. The molecule has 3 nitrogen and oxygen atoms in total. The molecule has 3 heteroatoms. The molecule has 1 aliphatic heterocycles. The second-order valence-corrected chi connectivity index (χ2v) is 4.53. The van der Waals surface area contributed by atoms with Gasteiger partial charge in [-0.25, -0.2) is 4.98 Å². The Bertz CT molecular complexity index is 323. The van der Waals surface area contributed by atoms with Crippen molar-refractivity contribution in [1.82, 2.24) is 4.98 Å². The predicted octanol–water partition coefficient (Wildman–Crippen LogP) is 1.81.